The molecular formula is C25H25N5S. The summed E-state index contributed by atoms with van der Waals surface area (Å²) in [6.07, 6.45) is 3.61. The Morgan fingerprint density at radius 2 is 1.81 bits per heavy atom. The molecule has 5 nitrogen and oxygen atoms in total. The molecule has 0 spiro atoms. The molecule has 3 heterocycles. The highest BCUT2D eigenvalue weighted by molar-refractivity contribution is 7.99. The molecule has 2 N–H and O–H groups in total. The van der Waals surface area contributed by atoms with E-state index < -0.39 is 0 Å². The molecule has 0 unspecified atom stereocenters. The van der Waals surface area contributed by atoms with E-state index >= 15 is 0 Å². The third-order valence-corrected chi connectivity index (χ3v) is 6.76. The minimum Gasteiger partial charge on any atom is -0.348 e. The molecule has 2 aromatic heterocycles. The van der Waals surface area contributed by atoms with Gasteiger partial charge >= 0.3 is 0 Å². The quantitative estimate of drug-likeness (QED) is 0.425. The number of H-pyrrole nitrogens is 1. The molecule has 0 amide bonds. The summed E-state index contributed by atoms with van der Waals surface area (Å²) in [5.41, 5.74) is 7.28. The molecule has 0 atom stereocenters. The minimum atomic E-state index is 0.696. The highest BCUT2D eigenvalue weighted by atomic mass is 32.2. The van der Waals surface area contributed by atoms with Crippen LogP contribution in [0.2, 0.25) is 0 Å². The van der Waals surface area contributed by atoms with Crippen LogP contribution in [0.1, 0.15) is 28.3 Å². The predicted octanol–water partition coefficient (Wildman–Crippen LogP) is 5.51. The third kappa shape index (κ3) is 4.09. The van der Waals surface area contributed by atoms with Crippen molar-refractivity contribution in [2.75, 3.05) is 4.90 Å². The van der Waals surface area contributed by atoms with Gasteiger partial charge in [0.15, 0.2) is 0 Å². The van der Waals surface area contributed by atoms with E-state index in [9.17, 15) is 0 Å². The Morgan fingerprint density at radius 3 is 2.68 bits per heavy atom. The Labute approximate surface area is 187 Å². The number of nitrogens with one attached hydrogen (secondary N) is 2. The average molecular weight is 428 g/mol. The summed E-state index contributed by atoms with van der Waals surface area (Å²) in [6, 6.07) is 19.4. The molecule has 0 bridgehead atoms. The lowest BCUT2D eigenvalue weighted by Gasteiger charge is -2.34. The molecule has 1 aliphatic rings. The topological polar surface area (TPSA) is 56.8 Å². The van der Waals surface area contributed by atoms with Gasteiger partial charge in [-0.15, -0.1) is 0 Å². The summed E-state index contributed by atoms with van der Waals surface area (Å²) in [5.74, 6) is 0.932. The Kier molecular flexibility index (Phi) is 5.49. The summed E-state index contributed by atoms with van der Waals surface area (Å²) in [5, 5.41) is 3.41. The minimum absolute atomic E-state index is 0.696. The first-order chi connectivity index (χ1) is 15.2. The van der Waals surface area contributed by atoms with Crippen molar-refractivity contribution in [1.29, 1.82) is 0 Å². The first kappa shape index (κ1) is 19.8. The van der Waals surface area contributed by atoms with E-state index in [0.717, 1.165) is 23.8 Å². The standard InChI is InChI=1S/C25H25N5S/c1-17-10-11-23-25(18(17)2)30(21-8-3-4-9-22(21)31-23)16-20-7-5-6-19(29-20)14-26-15-24-27-12-13-28-24/h3-13,26H,14-16H2,1-2H3,(H,27,28). The van der Waals surface area contributed by atoms with Gasteiger partial charge in [0.05, 0.1) is 35.9 Å². The molecule has 31 heavy (non-hydrogen) atoms. The maximum atomic E-state index is 4.94. The zero-order valence-electron chi connectivity index (χ0n) is 17.7. The van der Waals surface area contributed by atoms with Crippen molar-refractivity contribution in [2.24, 2.45) is 0 Å². The number of benzene rings is 2. The van der Waals surface area contributed by atoms with Crippen molar-refractivity contribution in [2.45, 2.75) is 43.3 Å². The van der Waals surface area contributed by atoms with E-state index in [4.69, 9.17) is 4.98 Å². The smallest absolute Gasteiger partial charge is 0.120 e. The van der Waals surface area contributed by atoms with Gasteiger partial charge in [0.1, 0.15) is 5.82 Å². The average Bonchev–Trinajstić information content (AvgIpc) is 3.30. The maximum absolute atomic E-state index is 4.94. The van der Waals surface area contributed by atoms with Gasteiger partial charge in [0.25, 0.3) is 0 Å². The van der Waals surface area contributed by atoms with Crippen LogP contribution < -0.4 is 10.2 Å². The number of pyridine rings is 1. The lowest BCUT2D eigenvalue weighted by Crippen LogP contribution is -2.22. The summed E-state index contributed by atoms with van der Waals surface area (Å²) in [6.45, 7) is 6.54. The summed E-state index contributed by atoms with van der Waals surface area (Å²) in [4.78, 5) is 17.3. The number of aromatic amines is 1. The van der Waals surface area contributed by atoms with Crippen LogP contribution >= 0.6 is 11.8 Å². The number of hydrogen-bond donors (Lipinski definition) is 2. The largest absolute Gasteiger partial charge is 0.348 e. The van der Waals surface area contributed by atoms with Crippen LogP contribution in [0, 0.1) is 13.8 Å². The van der Waals surface area contributed by atoms with Gasteiger partial charge in [-0.05, 0) is 55.3 Å². The second-order valence-corrected chi connectivity index (χ2v) is 8.85. The van der Waals surface area contributed by atoms with Crippen LogP contribution in [0.5, 0.6) is 0 Å². The van der Waals surface area contributed by atoms with Gasteiger partial charge in [-0.1, -0.05) is 36.0 Å². The molecule has 0 saturated carbocycles. The van der Waals surface area contributed by atoms with Gasteiger partial charge in [-0.25, -0.2) is 4.98 Å². The normalized spacial score (nSPS) is 12.5. The molecule has 1 aliphatic heterocycles. The highest BCUT2D eigenvalue weighted by Gasteiger charge is 2.25. The number of imidazole rings is 1. The molecule has 2 aromatic carbocycles. The Hall–Kier alpha value is -3.09. The molecule has 156 valence electrons. The fourth-order valence-electron chi connectivity index (χ4n) is 3.94. The van der Waals surface area contributed by atoms with Crippen LogP contribution in [0.3, 0.4) is 0 Å². The summed E-state index contributed by atoms with van der Waals surface area (Å²) in [7, 11) is 0. The lowest BCUT2D eigenvalue weighted by molar-refractivity contribution is 0.654. The fraction of sp³-hybridized carbons (Fsp3) is 0.200. The van der Waals surface area contributed by atoms with Crippen molar-refractivity contribution in [3.05, 3.63) is 95.3 Å². The number of para-hydroxylation sites is 1. The molecule has 4 aromatic rings. The zero-order chi connectivity index (χ0) is 21.2. The Morgan fingerprint density at radius 1 is 0.935 bits per heavy atom. The van der Waals surface area contributed by atoms with Gasteiger partial charge in [-0.2, -0.15) is 0 Å². The van der Waals surface area contributed by atoms with Crippen LogP contribution in [0.25, 0.3) is 0 Å². The van der Waals surface area contributed by atoms with E-state index in [1.807, 2.05) is 18.0 Å². The Balaban J connectivity index is 1.41. The number of aromatic nitrogens is 3. The molecule has 0 aliphatic carbocycles. The number of nitrogens with zero attached hydrogens (tertiary/aromatic N) is 3. The van der Waals surface area contributed by atoms with Crippen molar-refractivity contribution < 1.29 is 0 Å². The summed E-state index contributed by atoms with van der Waals surface area (Å²) >= 11 is 1.85. The first-order valence-electron chi connectivity index (χ1n) is 10.5. The fourth-order valence-corrected chi connectivity index (χ4v) is 5.11. The number of anilines is 2. The number of rotatable bonds is 6. The van der Waals surface area contributed by atoms with E-state index in [1.165, 1.54) is 32.3 Å². The van der Waals surface area contributed by atoms with Gasteiger partial charge in [-0.3, -0.25) is 4.98 Å². The third-order valence-electron chi connectivity index (χ3n) is 5.65. The number of hydrogen-bond acceptors (Lipinski definition) is 5. The van der Waals surface area contributed by atoms with Crippen molar-refractivity contribution >= 4 is 23.1 Å². The monoisotopic (exact) mass is 427 g/mol. The van der Waals surface area contributed by atoms with Crippen LogP contribution in [0.4, 0.5) is 11.4 Å². The molecule has 6 heteroatoms. The van der Waals surface area contributed by atoms with Crippen LogP contribution in [0.15, 0.2) is 76.8 Å². The van der Waals surface area contributed by atoms with E-state index in [-0.39, 0.29) is 0 Å². The molecular weight excluding hydrogens is 402 g/mol. The second kappa shape index (κ2) is 8.57. The van der Waals surface area contributed by atoms with E-state index in [1.54, 1.807) is 6.20 Å². The zero-order valence-corrected chi connectivity index (χ0v) is 18.5. The van der Waals surface area contributed by atoms with Crippen LogP contribution in [-0.4, -0.2) is 15.0 Å². The highest BCUT2D eigenvalue weighted by Crippen LogP contribution is 2.50. The second-order valence-electron chi connectivity index (χ2n) is 7.77. The number of fused-ring (bicyclic) bond motifs is 2. The van der Waals surface area contributed by atoms with E-state index in [0.29, 0.717) is 13.1 Å². The maximum Gasteiger partial charge on any atom is 0.120 e. The first-order valence-corrected chi connectivity index (χ1v) is 11.3. The van der Waals surface area contributed by atoms with Gasteiger partial charge in [0.2, 0.25) is 0 Å². The lowest BCUT2D eigenvalue weighted by atomic mass is 10.1. The van der Waals surface area contributed by atoms with Gasteiger partial charge < -0.3 is 15.2 Å². The number of aryl methyl sites for hydroxylation is 1. The van der Waals surface area contributed by atoms with Crippen molar-refractivity contribution in [3.8, 4) is 0 Å². The van der Waals surface area contributed by atoms with Crippen LogP contribution in [-0.2, 0) is 19.6 Å². The SMILES string of the molecule is Cc1ccc2c(c1C)N(Cc1cccc(CNCc3ncc[nH]3)n1)c1ccccc1S2. The summed E-state index contributed by atoms with van der Waals surface area (Å²) < 4.78 is 0. The molecule has 5 rings (SSSR count). The van der Waals surface area contributed by atoms with E-state index in [2.05, 4.69) is 88.6 Å². The van der Waals surface area contributed by atoms with Gasteiger partial charge in [0, 0.05) is 28.7 Å². The van der Waals surface area contributed by atoms with Crippen molar-refractivity contribution in [3.63, 3.8) is 0 Å². The molecule has 0 saturated heterocycles. The predicted molar refractivity (Wildman–Crippen MR) is 126 cm³/mol. The molecule has 0 radical (unpaired) electrons. The molecule has 0 fully saturated rings. The van der Waals surface area contributed by atoms with Crippen molar-refractivity contribution in [1.82, 2.24) is 20.3 Å². The Bertz CT molecular complexity index is 1200.